The lowest BCUT2D eigenvalue weighted by Gasteiger charge is -2.25. The molecule has 0 fully saturated rings. The smallest absolute Gasteiger partial charge is 0.202 e. The van der Waals surface area contributed by atoms with Gasteiger partial charge in [0.15, 0.2) is 5.82 Å². The monoisotopic (exact) mass is 391 g/mol. The van der Waals surface area contributed by atoms with Gasteiger partial charge in [0.1, 0.15) is 11.6 Å². The third-order valence-corrected chi connectivity index (χ3v) is 5.14. The minimum atomic E-state index is -0.234. The Balaban J connectivity index is 1.71. The van der Waals surface area contributed by atoms with E-state index in [4.69, 9.17) is 16.3 Å². The zero-order valence-corrected chi connectivity index (χ0v) is 16.3. The van der Waals surface area contributed by atoms with Gasteiger partial charge in [-0.3, -0.25) is 0 Å². The van der Waals surface area contributed by atoms with E-state index in [0.29, 0.717) is 28.3 Å². The van der Waals surface area contributed by atoms with Gasteiger partial charge in [-0.2, -0.15) is 9.36 Å². The van der Waals surface area contributed by atoms with Crippen molar-refractivity contribution >= 4 is 28.3 Å². The van der Waals surface area contributed by atoms with Crippen LogP contribution in [0.3, 0.4) is 0 Å². The van der Waals surface area contributed by atoms with Gasteiger partial charge in [0.25, 0.3) is 0 Å². The number of hydrogen-bond acceptors (Lipinski definition) is 5. The molecule has 1 heterocycles. The number of ether oxygens (including phenoxy) is 1. The molecule has 0 atom stereocenters. The molecule has 0 aliphatic heterocycles. The molecule has 0 saturated carbocycles. The molecule has 0 unspecified atom stereocenters. The fraction of sp³-hybridized carbons (Fsp3) is 0.263. The molecule has 4 nitrogen and oxygen atoms in total. The predicted octanol–water partition coefficient (Wildman–Crippen LogP) is 5.40. The highest BCUT2D eigenvalue weighted by atomic mass is 35.5. The van der Waals surface area contributed by atoms with E-state index in [2.05, 4.69) is 28.5 Å². The van der Waals surface area contributed by atoms with Gasteiger partial charge in [0.05, 0.1) is 12.1 Å². The molecule has 0 spiro atoms. The van der Waals surface area contributed by atoms with Crippen LogP contribution in [-0.4, -0.2) is 23.0 Å². The second-order valence-corrected chi connectivity index (χ2v) is 7.67. The standard InChI is InChI=1S/C19H19ClFN3OS/c1-19(2,12-4-6-13(21)7-5-12)11-22-18-23-17(24-26-18)15-9-8-14(25-3)10-16(15)20/h4-10H,11H2,1-3H3,(H,22,23,24). The molecular formula is C19H19ClFN3OS. The van der Waals surface area contributed by atoms with Crippen molar-refractivity contribution in [2.75, 3.05) is 19.0 Å². The van der Waals surface area contributed by atoms with Crippen LogP contribution in [0.4, 0.5) is 9.52 Å². The molecule has 0 aliphatic carbocycles. The average Bonchev–Trinajstić information content (AvgIpc) is 3.09. The molecule has 136 valence electrons. The Hall–Kier alpha value is -2.18. The van der Waals surface area contributed by atoms with E-state index in [0.717, 1.165) is 11.1 Å². The zero-order chi connectivity index (χ0) is 18.7. The Kier molecular flexibility index (Phi) is 5.44. The van der Waals surface area contributed by atoms with E-state index in [1.165, 1.54) is 23.7 Å². The van der Waals surface area contributed by atoms with Crippen molar-refractivity contribution in [2.24, 2.45) is 0 Å². The lowest BCUT2D eigenvalue weighted by atomic mass is 9.85. The Bertz CT molecular complexity index is 896. The number of methoxy groups -OCH3 is 1. The molecule has 7 heteroatoms. The van der Waals surface area contributed by atoms with E-state index in [1.807, 2.05) is 12.1 Å². The van der Waals surface area contributed by atoms with E-state index in [1.54, 1.807) is 25.3 Å². The summed E-state index contributed by atoms with van der Waals surface area (Å²) in [5, 5.41) is 4.57. The quantitative estimate of drug-likeness (QED) is 0.611. The van der Waals surface area contributed by atoms with Gasteiger partial charge in [-0.1, -0.05) is 37.6 Å². The molecule has 0 aliphatic rings. The first kappa shape index (κ1) is 18.6. The van der Waals surface area contributed by atoms with Crippen molar-refractivity contribution in [3.63, 3.8) is 0 Å². The third kappa shape index (κ3) is 4.14. The largest absolute Gasteiger partial charge is 0.497 e. The van der Waals surface area contributed by atoms with Crippen molar-refractivity contribution in [2.45, 2.75) is 19.3 Å². The van der Waals surface area contributed by atoms with Crippen molar-refractivity contribution in [1.82, 2.24) is 9.36 Å². The summed E-state index contributed by atoms with van der Waals surface area (Å²) >= 11 is 7.57. The molecular weight excluding hydrogens is 373 g/mol. The van der Waals surface area contributed by atoms with Gasteiger partial charge in [-0.15, -0.1) is 0 Å². The Morgan fingerprint density at radius 2 is 1.92 bits per heavy atom. The number of halogens is 2. The lowest BCUT2D eigenvalue weighted by molar-refractivity contribution is 0.415. The van der Waals surface area contributed by atoms with E-state index in [-0.39, 0.29) is 11.2 Å². The molecule has 3 rings (SSSR count). The first-order valence-electron chi connectivity index (χ1n) is 8.06. The molecule has 0 saturated heterocycles. The molecule has 0 radical (unpaired) electrons. The first-order chi connectivity index (χ1) is 12.4. The highest BCUT2D eigenvalue weighted by Gasteiger charge is 2.21. The van der Waals surface area contributed by atoms with E-state index < -0.39 is 0 Å². The summed E-state index contributed by atoms with van der Waals surface area (Å²) < 4.78 is 22.7. The SMILES string of the molecule is COc1ccc(-c2nsc(NCC(C)(C)c3ccc(F)cc3)n2)c(Cl)c1. The predicted molar refractivity (Wildman–Crippen MR) is 105 cm³/mol. The fourth-order valence-corrected chi connectivity index (χ4v) is 3.34. The number of nitrogens with one attached hydrogen (secondary N) is 1. The average molecular weight is 392 g/mol. The third-order valence-electron chi connectivity index (χ3n) is 4.15. The van der Waals surface area contributed by atoms with Crippen molar-refractivity contribution < 1.29 is 9.13 Å². The molecule has 2 aromatic carbocycles. The number of anilines is 1. The lowest BCUT2D eigenvalue weighted by Crippen LogP contribution is -2.27. The molecule has 1 N–H and O–H groups in total. The maximum absolute atomic E-state index is 13.1. The summed E-state index contributed by atoms with van der Waals surface area (Å²) in [5.74, 6) is 1.03. The van der Waals surface area contributed by atoms with E-state index in [9.17, 15) is 4.39 Å². The van der Waals surface area contributed by atoms with Crippen LogP contribution in [-0.2, 0) is 5.41 Å². The van der Waals surface area contributed by atoms with Gasteiger partial charge in [-0.25, -0.2) is 4.39 Å². The summed E-state index contributed by atoms with van der Waals surface area (Å²) in [6, 6.07) is 12.0. The van der Waals surface area contributed by atoms with E-state index >= 15 is 0 Å². The minimum absolute atomic E-state index is 0.183. The van der Waals surface area contributed by atoms with Gasteiger partial charge in [0.2, 0.25) is 5.13 Å². The maximum Gasteiger partial charge on any atom is 0.202 e. The maximum atomic E-state index is 13.1. The fourth-order valence-electron chi connectivity index (χ4n) is 2.51. The van der Waals surface area contributed by atoms with Crippen LogP contribution in [0.1, 0.15) is 19.4 Å². The molecule has 3 aromatic rings. The summed E-state index contributed by atoms with van der Waals surface area (Å²) in [7, 11) is 1.59. The Morgan fingerprint density at radius 3 is 2.58 bits per heavy atom. The Morgan fingerprint density at radius 1 is 1.19 bits per heavy atom. The number of hydrogen-bond donors (Lipinski definition) is 1. The first-order valence-corrected chi connectivity index (χ1v) is 9.22. The second kappa shape index (κ2) is 7.60. The highest BCUT2D eigenvalue weighted by molar-refractivity contribution is 7.09. The van der Waals surface area contributed by atoms with Crippen molar-refractivity contribution in [1.29, 1.82) is 0 Å². The summed E-state index contributed by atoms with van der Waals surface area (Å²) in [5.41, 5.74) is 1.63. The zero-order valence-electron chi connectivity index (χ0n) is 14.7. The van der Waals surface area contributed by atoms with Gasteiger partial charge in [-0.05, 0) is 35.9 Å². The topological polar surface area (TPSA) is 47.0 Å². The summed E-state index contributed by atoms with van der Waals surface area (Å²) in [4.78, 5) is 4.52. The number of aromatic nitrogens is 2. The van der Waals surface area contributed by atoms with Crippen LogP contribution in [0, 0.1) is 5.82 Å². The molecule has 26 heavy (non-hydrogen) atoms. The van der Waals surface area contributed by atoms with Crippen molar-refractivity contribution in [3.05, 3.63) is 58.9 Å². The van der Waals surface area contributed by atoms with Gasteiger partial charge >= 0.3 is 0 Å². The number of rotatable bonds is 6. The Labute approximate surface area is 161 Å². The van der Waals surface area contributed by atoms with Crippen LogP contribution in [0.2, 0.25) is 5.02 Å². The van der Waals surface area contributed by atoms with Crippen LogP contribution >= 0.6 is 23.1 Å². The van der Waals surface area contributed by atoms with Gasteiger partial charge < -0.3 is 10.1 Å². The van der Waals surface area contributed by atoms with Crippen LogP contribution in [0.25, 0.3) is 11.4 Å². The second-order valence-electron chi connectivity index (χ2n) is 6.51. The molecule has 1 aromatic heterocycles. The normalized spacial score (nSPS) is 11.4. The molecule has 0 amide bonds. The van der Waals surface area contributed by atoms with Crippen LogP contribution < -0.4 is 10.1 Å². The summed E-state index contributed by atoms with van der Waals surface area (Å²) in [6.45, 7) is 4.83. The molecule has 0 bridgehead atoms. The van der Waals surface area contributed by atoms with Crippen LogP contribution in [0.15, 0.2) is 42.5 Å². The highest BCUT2D eigenvalue weighted by Crippen LogP contribution is 2.31. The minimum Gasteiger partial charge on any atom is -0.497 e. The van der Waals surface area contributed by atoms with Gasteiger partial charge in [0, 0.05) is 29.1 Å². The summed E-state index contributed by atoms with van der Waals surface area (Å²) in [6.07, 6.45) is 0. The van der Waals surface area contributed by atoms with Crippen molar-refractivity contribution in [3.8, 4) is 17.1 Å². The van der Waals surface area contributed by atoms with Crippen LogP contribution in [0.5, 0.6) is 5.75 Å². The number of benzene rings is 2. The number of nitrogens with zero attached hydrogens (tertiary/aromatic N) is 2.